The summed E-state index contributed by atoms with van der Waals surface area (Å²) in [6, 6.07) is 0. The molecule has 104 valence electrons. The van der Waals surface area contributed by atoms with Gasteiger partial charge in [-0.3, -0.25) is 0 Å². The normalized spacial score (nSPS) is 38.4. The number of carbonyl (C=O) groups is 1. The van der Waals surface area contributed by atoms with Crippen molar-refractivity contribution >= 4 is 5.97 Å². The van der Waals surface area contributed by atoms with Crippen molar-refractivity contribution in [1.82, 2.24) is 0 Å². The Morgan fingerprint density at radius 1 is 1.32 bits per heavy atom. The molecular formula is C16H22O3. The first-order valence-corrected chi connectivity index (χ1v) is 7.33. The average molecular weight is 262 g/mol. The fourth-order valence-electron chi connectivity index (χ4n) is 4.37. The number of hydrogen-bond acceptors (Lipinski definition) is 3. The molecule has 3 aliphatic carbocycles. The molecule has 5 unspecified atom stereocenters. The van der Waals surface area contributed by atoms with Gasteiger partial charge in [-0.25, -0.2) is 4.79 Å². The van der Waals surface area contributed by atoms with Gasteiger partial charge < -0.3 is 9.47 Å². The predicted molar refractivity (Wildman–Crippen MR) is 72.4 cm³/mol. The third-order valence-electron chi connectivity index (χ3n) is 5.12. The maximum absolute atomic E-state index is 10.9. The number of esters is 1. The lowest BCUT2D eigenvalue weighted by Crippen LogP contribution is -2.27. The topological polar surface area (TPSA) is 35.5 Å². The zero-order valence-electron chi connectivity index (χ0n) is 11.3. The van der Waals surface area contributed by atoms with E-state index in [2.05, 4.69) is 18.7 Å². The summed E-state index contributed by atoms with van der Waals surface area (Å²) in [5, 5.41) is 0. The lowest BCUT2D eigenvalue weighted by molar-refractivity contribution is -0.139. The Morgan fingerprint density at radius 2 is 2.21 bits per heavy atom. The number of hydrogen-bond donors (Lipinski definition) is 0. The van der Waals surface area contributed by atoms with Crippen molar-refractivity contribution in [2.75, 3.05) is 19.8 Å². The standard InChI is InChI=1S/C16H22O3/c1-2-16(17)19-7-6-18-10-12-8-11-9-15(12)14-5-3-4-13(11)14/h2-3,5,11-15H,1,4,6-10H2. The molecule has 3 aliphatic rings. The molecule has 2 saturated carbocycles. The largest absolute Gasteiger partial charge is 0.460 e. The van der Waals surface area contributed by atoms with Gasteiger partial charge in [-0.15, -0.1) is 0 Å². The van der Waals surface area contributed by atoms with E-state index in [4.69, 9.17) is 9.47 Å². The molecule has 0 N–H and O–H groups in total. The highest BCUT2D eigenvalue weighted by atomic mass is 16.6. The fraction of sp³-hybridized carbons (Fsp3) is 0.688. The Bertz CT molecular complexity index is 387. The van der Waals surface area contributed by atoms with Crippen molar-refractivity contribution in [3.8, 4) is 0 Å². The zero-order chi connectivity index (χ0) is 13.2. The second kappa shape index (κ2) is 5.49. The van der Waals surface area contributed by atoms with E-state index in [1.165, 1.54) is 25.3 Å². The van der Waals surface area contributed by atoms with Crippen LogP contribution in [0.3, 0.4) is 0 Å². The van der Waals surface area contributed by atoms with Crippen LogP contribution in [0.25, 0.3) is 0 Å². The summed E-state index contributed by atoms with van der Waals surface area (Å²) >= 11 is 0. The van der Waals surface area contributed by atoms with Gasteiger partial charge >= 0.3 is 5.97 Å². The lowest BCUT2D eigenvalue weighted by Gasteiger charge is -2.31. The van der Waals surface area contributed by atoms with E-state index in [1.54, 1.807) is 0 Å². The zero-order valence-corrected chi connectivity index (χ0v) is 11.3. The van der Waals surface area contributed by atoms with Crippen LogP contribution in [-0.4, -0.2) is 25.8 Å². The van der Waals surface area contributed by atoms with Gasteiger partial charge in [-0.2, -0.15) is 0 Å². The van der Waals surface area contributed by atoms with Crippen LogP contribution in [0.2, 0.25) is 0 Å². The van der Waals surface area contributed by atoms with Gasteiger partial charge in [0.1, 0.15) is 6.61 Å². The molecule has 0 aromatic heterocycles. The molecule has 2 bridgehead atoms. The number of ether oxygens (including phenoxy) is 2. The molecule has 3 heteroatoms. The van der Waals surface area contributed by atoms with Crippen LogP contribution in [0.1, 0.15) is 19.3 Å². The molecule has 0 amide bonds. The Kier molecular flexibility index (Phi) is 3.74. The molecule has 0 saturated heterocycles. The molecule has 0 heterocycles. The lowest BCUT2D eigenvalue weighted by atomic mass is 9.76. The average Bonchev–Trinajstić information content (AvgIpc) is 3.09. The highest BCUT2D eigenvalue weighted by molar-refractivity contribution is 5.81. The third kappa shape index (κ3) is 2.48. The van der Waals surface area contributed by atoms with Gasteiger partial charge in [0.05, 0.1) is 6.61 Å². The molecule has 5 atom stereocenters. The second-order valence-electron chi connectivity index (χ2n) is 6.01. The summed E-state index contributed by atoms with van der Waals surface area (Å²) in [4.78, 5) is 10.9. The van der Waals surface area contributed by atoms with Gasteiger partial charge in [0, 0.05) is 12.7 Å². The first kappa shape index (κ1) is 12.9. The van der Waals surface area contributed by atoms with Crippen molar-refractivity contribution in [3.63, 3.8) is 0 Å². The van der Waals surface area contributed by atoms with Crippen LogP contribution in [0.4, 0.5) is 0 Å². The van der Waals surface area contributed by atoms with E-state index in [0.717, 1.165) is 30.3 Å². The Morgan fingerprint density at radius 3 is 3.05 bits per heavy atom. The van der Waals surface area contributed by atoms with E-state index >= 15 is 0 Å². The monoisotopic (exact) mass is 262 g/mol. The van der Waals surface area contributed by atoms with Crippen molar-refractivity contribution in [1.29, 1.82) is 0 Å². The van der Waals surface area contributed by atoms with Gasteiger partial charge in [-0.05, 0) is 48.9 Å². The van der Waals surface area contributed by atoms with Crippen molar-refractivity contribution in [2.45, 2.75) is 19.3 Å². The summed E-state index contributed by atoms with van der Waals surface area (Å²) in [5.74, 6) is 3.87. The predicted octanol–water partition coefficient (Wildman–Crippen LogP) is 2.58. The van der Waals surface area contributed by atoms with Crippen LogP contribution < -0.4 is 0 Å². The van der Waals surface area contributed by atoms with Gasteiger partial charge in [0.15, 0.2) is 0 Å². The molecule has 0 aromatic rings. The smallest absolute Gasteiger partial charge is 0.330 e. The summed E-state index contributed by atoms with van der Waals surface area (Å²) in [6.45, 7) is 5.01. The van der Waals surface area contributed by atoms with E-state index < -0.39 is 0 Å². The number of allylic oxidation sites excluding steroid dienone is 2. The van der Waals surface area contributed by atoms with Crippen LogP contribution in [-0.2, 0) is 14.3 Å². The van der Waals surface area contributed by atoms with E-state index in [9.17, 15) is 4.79 Å². The van der Waals surface area contributed by atoms with E-state index in [0.29, 0.717) is 19.1 Å². The van der Waals surface area contributed by atoms with Crippen molar-refractivity contribution in [3.05, 3.63) is 24.8 Å². The molecule has 0 spiro atoms. The first-order valence-electron chi connectivity index (χ1n) is 7.33. The Balaban J connectivity index is 1.37. The highest BCUT2D eigenvalue weighted by Crippen LogP contribution is 2.58. The number of fused-ring (bicyclic) bond motifs is 5. The van der Waals surface area contributed by atoms with E-state index in [-0.39, 0.29) is 5.97 Å². The SMILES string of the molecule is C=CC(=O)OCCOCC1CC2CC1C1C=CCC21. The maximum Gasteiger partial charge on any atom is 0.330 e. The van der Waals surface area contributed by atoms with Crippen molar-refractivity contribution in [2.24, 2.45) is 29.6 Å². The fourth-order valence-corrected chi connectivity index (χ4v) is 4.37. The Labute approximate surface area is 114 Å². The molecule has 0 aromatic carbocycles. The number of carbonyl (C=O) groups excluding carboxylic acids is 1. The quantitative estimate of drug-likeness (QED) is 0.319. The Hall–Kier alpha value is -1.09. The van der Waals surface area contributed by atoms with Crippen LogP contribution >= 0.6 is 0 Å². The molecular weight excluding hydrogens is 240 g/mol. The maximum atomic E-state index is 10.9. The molecule has 3 rings (SSSR count). The molecule has 2 fully saturated rings. The minimum atomic E-state index is -0.373. The van der Waals surface area contributed by atoms with Crippen LogP contribution in [0, 0.1) is 29.6 Å². The minimum absolute atomic E-state index is 0.331. The molecule has 19 heavy (non-hydrogen) atoms. The highest BCUT2D eigenvalue weighted by Gasteiger charge is 2.52. The van der Waals surface area contributed by atoms with Gasteiger partial charge in [0.2, 0.25) is 0 Å². The summed E-state index contributed by atoms with van der Waals surface area (Å²) in [5.41, 5.74) is 0. The van der Waals surface area contributed by atoms with E-state index in [1.807, 2.05) is 0 Å². The second-order valence-corrected chi connectivity index (χ2v) is 6.01. The molecule has 3 nitrogen and oxygen atoms in total. The summed E-state index contributed by atoms with van der Waals surface area (Å²) in [7, 11) is 0. The minimum Gasteiger partial charge on any atom is -0.460 e. The van der Waals surface area contributed by atoms with Gasteiger partial charge in [0.25, 0.3) is 0 Å². The van der Waals surface area contributed by atoms with Crippen LogP contribution in [0.15, 0.2) is 24.8 Å². The third-order valence-corrected chi connectivity index (χ3v) is 5.12. The summed E-state index contributed by atoms with van der Waals surface area (Å²) < 4.78 is 10.6. The van der Waals surface area contributed by atoms with Gasteiger partial charge in [-0.1, -0.05) is 18.7 Å². The summed E-state index contributed by atoms with van der Waals surface area (Å²) in [6.07, 6.45) is 10.0. The molecule has 0 radical (unpaired) electrons. The number of rotatable bonds is 6. The van der Waals surface area contributed by atoms with Crippen molar-refractivity contribution < 1.29 is 14.3 Å². The molecule has 0 aliphatic heterocycles. The van der Waals surface area contributed by atoms with Crippen LogP contribution in [0.5, 0.6) is 0 Å². The first-order chi connectivity index (χ1) is 9.29.